The van der Waals surface area contributed by atoms with Crippen molar-refractivity contribution in [1.82, 2.24) is 5.32 Å². The Balaban J connectivity index is 1.51. The van der Waals surface area contributed by atoms with Gasteiger partial charge in [-0.1, -0.05) is 184 Å². The monoisotopic (exact) mass is 1180 g/mol. The van der Waals surface area contributed by atoms with Gasteiger partial charge in [-0.3, -0.25) is 4.79 Å². The number of allylic oxidation sites excluding steroid dienone is 9. The van der Waals surface area contributed by atoms with E-state index in [4.69, 9.17) is 28.4 Å². The van der Waals surface area contributed by atoms with Crippen LogP contribution in [0.15, 0.2) is 60.8 Å². The second kappa shape index (κ2) is 46.6. The van der Waals surface area contributed by atoms with Crippen LogP contribution in [0, 0.1) is 0 Å². The fraction of sp³-hybridized carbons (Fsp3) is 0.828. The fourth-order valence-electron chi connectivity index (χ4n) is 10.5. The Morgan fingerprint density at radius 1 is 0.434 bits per heavy atom. The van der Waals surface area contributed by atoms with E-state index < -0.39 is 124 Å². The van der Waals surface area contributed by atoms with E-state index in [1.165, 1.54) is 89.9 Å². The summed E-state index contributed by atoms with van der Waals surface area (Å²) >= 11 is 0. The Morgan fingerprint density at radius 3 is 1.30 bits per heavy atom. The van der Waals surface area contributed by atoms with Crippen LogP contribution < -0.4 is 5.32 Å². The molecule has 19 heteroatoms. The van der Waals surface area contributed by atoms with Crippen LogP contribution in [0.5, 0.6) is 0 Å². The summed E-state index contributed by atoms with van der Waals surface area (Å²) in [6.07, 6.45) is 27.7. The second-order valence-electron chi connectivity index (χ2n) is 22.8. The molecule has 3 saturated heterocycles. The Hall–Kier alpha value is -2.51. The number of hydrogen-bond acceptors (Lipinski definition) is 18. The summed E-state index contributed by atoms with van der Waals surface area (Å²) in [4.78, 5) is 13.3. The minimum Gasteiger partial charge on any atom is -0.394 e. The van der Waals surface area contributed by atoms with Crippen molar-refractivity contribution in [3.05, 3.63) is 60.8 Å². The molecule has 3 rings (SSSR count). The maximum Gasteiger partial charge on any atom is 0.220 e. The molecule has 3 aliphatic rings. The normalized spacial score (nSPS) is 29.8. The molecule has 0 bridgehead atoms. The van der Waals surface area contributed by atoms with Gasteiger partial charge in [-0.25, -0.2) is 0 Å². The number of unbranched alkanes of at least 4 members (excludes halogenated alkanes) is 23. The van der Waals surface area contributed by atoms with Crippen molar-refractivity contribution in [2.45, 2.75) is 311 Å². The molecule has 0 aliphatic carbocycles. The highest BCUT2D eigenvalue weighted by Crippen LogP contribution is 2.33. The highest BCUT2D eigenvalue weighted by molar-refractivity contribution is 5.76. The molecule has 17 unspecified atom stereocenters. The van der Waals surface area contributed by atoms with E-state index >= 15 is 0 Å². The van der Waals surface area contributed by atoms with Gasteiger partial charge in [0.15, 0.2) is 18.9 Å². The SMILES string of the molecule is CCCCC/C=C\C/C=C\CCCCCCCCCC(=O)NC(COC1OC(CO)C(OC2OC(CO)C(OC3OC(CO)C(O)C(O)C3O)C(O)C2O)C(O)C1O)C(O)/C=C/CC/C=C/CC/C=C/CCCCCCCCCCCCC. The minimum atomic E-state index is -1.98. The molecule has 0 aromatic carbocycles. The number of carbonyl (C=O) groups excluding carboxylic acids is 1. The highest BCUT2D eigenvalue weighted by atomic mass is 16.8. The molecule has 0 radical (unpaired) electrons. The quantitative estimate of drug-likeness (QED) is 0.0220. The predicted molar refractivity (Wildman–Crippen MR) is 318 cm³/mol. The molecule has 0 aromatic heterocycles. The van der Waals surface area contributed by atoms with Crippen LogP contribution >= 0.6 is 0 Å². The van der Waals surface area contributed by atoms with Gasteiger partial charge >= 0.3 is 0 Å². The smallest absolute Gasteiger partial charge is 0.220 e. The van der Waals surface area contributed by atoms with Gasteiger partial charge in [0, 0.05) is 6.42 Å². The molecular weight excluding hydrogens is 1070 g/mol. The van der Waals surface area contributed by atoms with Crippen LogP contribution in [0.2, 0.25) is 0 Å². The first-order valence-electron chi connectivity index (χ1n) is 32.0. The number of nitrogens with one attached hydrogen (secondary N) is 1. The van der Waals surface area contributed by atoms with Crippen LogP contribution in [-0.2, 0) is 33.2 Å². The standard InChI is InChI=1S/C64H113NO18/c1-3-5-7-9-11-13-15-17-19-21-22-23-24-26-27-29-31-33-35-37-39-41-48(69)47(65-52(70)42-40-38-36-34-32-30-28-25-20-18-16-14-12-10-8-6-4-2)46-78-62-58(76)55(73)60(50(44-67)80-62)83-64-59(77)56(74)61(51(45-68)81-64)82-63-57(75)54(72)53(71)49(43-66)79-63/h12,14,18,20,24,26,31,33,39,41,47-51,53-64,66-69,71-77H,3-11,13,15-17,19,21-23,25,27-30,32,34-38,40,42-46H2,1-2H3,(H,65,70)/b14-12-,20-18-,26-24+,33-31+,41-39+. The molecule has 1 amide bonds. The average Bonchev–Trinajstić information content (AvgIpc) is 3.35. The molecule has 19 nitrogen and oxygen atoms in total. The van der Waals surface area contributed by atoms with Crippen LogP contribution in [0.3, 0.4) is 0 Å². The van der Waals surface area contributed by atoms with Crippen molar-refractivity contribution < 1.29 is 89.4 Å². The number of carbonyl (C=O) groups is 1. The van der Waals surface area contributed by atoms with Crippen molar-refractivity contribution >= 4 is 5.91 Å². The van der Waals surface area contributed by atoms with E-state index in [0.29, 0.717) is 12.8 Å². The summed E-state index contributed by atoms with van der Waals surface area (Å²) < 4.78 is 34.2. The molecule has 3 heterocycles. The molecular formula is C64H113NO18. The first-order valence-corrected chi connectivity index (χ1v) is 32.0. The Kier molecular flexibility index (Phi) is 42.0. The third-order valence-corrected chi connectivity index (χ3v) is 15.8. The maximum atomic E-state index is 13.3. The van der Waals surface area contributed by atoms with Crippen LogP contribution in [0.4, 0.5) is 0 Å². The van der Waals surface area contributed by atoms with Gasteiger partial charge in [0.05, 0.1) is 38.6 Å². The van der Waals surface area contributed by atoms with E-state index in [9.17, 15) is 61.0 Å². The molecule has 0 saturated carbocycles. The first-order chi connectivity index (χ1) is 40.3. The van der Waals surface area contributed by atoms with Crippen LogP contribution in [0.25, 0.3) is 0 Å². The van der Waals surface area contributed by atoms with Crippen molar-refractivity contribution in [3.63, 3.8) is 0 Å². The summed E-state index contributed by atoms with van der Waals surface area (Å²) in [5, 5.41) is 120. The molecule has 17 atom stereocenters. The summed E-state index contributed by atoms with van der Waals surface area (Å²) in [5.74, 6) is -0.300. The summed E-state index contributed by atoms with van der Waals surface area (Å²) in [7, 11) is 0. The Labute approximate surface area is 496 Å². The number of rotatable bonds is 47. The summed E-state index contributed by atoms with van der Waals surface area (Å²) in [6, 6.07) is -1.00. The largest absolute Gasteiger partial charge is 0.394 e. The first kappa shape index (κ1) is 74.7. The number of amides is 1. The zero-order chi connectivity index (χ0) is 60.5. The van der Waals surface area contributed by atoms with Crippen molar-refractivity contribution in [2.24, 2.45) is 0 Å². The zero-order valence-electron chi connectivity index (χ0n) is 50.4. The van der Waals surface area contributed by atoms with Gasteiger partial charge in [0.2, 0.25) is 5.91 Å². The van der Waals surface area contributed by atoms with Gasteiger partial charge in [-0.15, -0.1) is 0 Å². The molecule has 12 N–H and O–H groups in total. The summed E-state index contributed by atoms with van der Waals surface area (Å²) in [5.41, 5.74) is 0. The minimum absolute atomic E-state index is 0.221. The van der Waals surface area contributed by atoms with Gasteiger partial charge in [0.1, 0.15) is 73.2 Å². The van der Waals surface area contributed by atoms with E-state index in [-0.39, 0.29) is 18.9 Å². The van der Waals surface area contributed by atoms with Crippen LogP contribution in [0.1, 0.15) is 206 Å². The summed E-state index contributed by atoms with van der Waals surface area (Å²) in [6.45, 7) is 1.66. The average molecular weight is 1180 g/mol. The van der Waals surface area contributed by atoms with E-state index in [1.807, 2.05) is 6.08 Å². The maximum absolute atomic E-state index is 13.3. The molecule has 3 aliphatic heterocycles. The molecule has 83 heavy (non-hydrogen) atoms. The van der Waals surface area contributed by atoms with E-state index in [2.05, 4.69) is 67.8 Å². The lowest BCUT2D eigenvalue weighted by Gasteiger charge is -2.48. The zero-order valence-corrected chi connectivity index (χ0v) is 50.4. The van der Waals surface area contributed by atoms with Crippen LogP contribution in [-0.4, -0.2) is 193 Å². The van der Waals surface area contributed by atoms with Crippen molar-refractivity contribution in [3.8, 4) is 0 Å². The lowest BCUT2D eigenvalue weighted by Crippen LogP contribution is -2.66. The number of ether oxygens (including phenoxy) is 6. The molecule has 0 aromatic rings. The second-order valence-corrected chi connectivity index (χ2v) is 22.8. The van der Waals surface area contributed by atoms with Gasteiger partial charge in [0.25, 0.3) is 0 Å². The third-order valence-electron chi connectivity index (χ3n) is 15.8. The topological polar surface area (TPSA) is 307 Å². The number of aliphatic hydroxyl groups excluding tert-OH is 11. The fourth-order valence-corrected chi connectivity index (χ4v) is 10.5. The van der Waals surface area contributed by atoms with E-state index in [0.717, 1.165) is 83.5 Å². The lowest BCUT2D eigenvalue weighted by atomic mass is 9.96. The van der Waals surface area contributed by atoms with Crippen molar-refractivity contribution in [2.75, 3.05) is 26.4 Å². The third kappa shape index (κ3) is 29.8. The molecule has 3 fully saturated rings. The van der Waals surface area contributed by atoms with Gasteiger partial charge in [-0.05, 0) is 77.0 Å². The number of hydrogen-bond donors (Lipinski definition) is 12. The molecule has 482 valence electrons. The highest BCUT2D eigenvalue weighted by Gasteiger charge is 2.53. The number of aliphatic hydroxyl groups is 11. The van der Waals surface area contributed by atoms with Crippen molar-refractivity contribution in [1.29, 1.82) is 0 Å². The van der Waals surface area contributed by atoms with Gasteiger partial charge in [-0.2, -0.15) is 0 Å². The van der Waals surface area contributed by atoms with Gasteiger partial charge < -0.3 is 89.9 Å². The Bertz CT molecular complexity index is 1750. The lowest BCUT2D eigenvalue weighted by molar-refractivity contribution is -0.379. The molecule has 0 spiro atoms. The Morgan fingerprint density at radius 2 is 0.807 bits per heavy atom. The van der Waals surface area contributed by atoms with E-state index in [1.54, 1.807) is 6.08 Å². The predicted octanol–water partition coefficient (Wildman–Crippen LogP) is 6.82.